The van der Waals surface area contributed by atoms with Gasteiger partial charge in [-0.25, -0.2) is 12.8 Å². The fourth-order valence-electron chi connectivity index (χ4n) is 4.05. The Morgan fingerprint density at radius 2 is 1.73 bits per heavy atom. The predicted octanol–water partition coefficient (Wildman–Crippen LogP) is 4.37. The number of carbonyl (C=O) groups excluding carboxylic acids is 2. The van der Waals surface area contributed by atoms with E-state index in [2.05, 4.69) is 0 Å². The number of ether oxygens (including phenoxy) is 1. The fraction of sp³-hybridized carbons (Fsp3) is 0.231. The molecular weight excluding hydrogens is 542 g/mol. The minimum atomic E-state index is -4.09. The summed E-state index contributed by atoms with van der Waals surface area (Å²) in [4.78, 5) is 26.9. The number of ketones is 1. The molecule has 11 heteroatoms. The van der Waals surface area contributed by atoms with E-state index in [0.717, 1.165) is 17.7 Å². The number of amides is 1. The summed E-state index contributed by atoms with van der Waals surface area (Å²) in [5, 5.41) is 0.493. The van der Waals surface area contributed by atoms with E-state index < -0.39 is 39.1 Å². The topological polar surface area (TPSA) is 107 Å². The molecule has 0 spiro atoms. The molecule has 2 N–H and O–H groups in total. The Bertz CT molecular complexity index is 1410. The number of methoxy groups -OCH3 is 1. The Hall–Kier alpha value is -2.98. The van der Waals surface area contributed by atoms with Gasteiger partial charge in [-0.15, -0.1) is 12.4 Å². The molecule has 0 bridgehead atoms. The number of benzene rings is 3. The molecule has 1 aliphatic rings. The molecule has 1 heterocycles. The highest BCUT2D eigenvalue weighted by Gasteiger charge is 2.37. The Kier molecular flexibility index (Phi) is 8.96. The number of halogens is 3. The van der Waals surface area contributed by atoms with E-state index in [1.54, 1.807) is 55.6 Å². The van der Waals surface area contributed by atoms with Gasteiger partial charge in [0.05, 0.1) is 41.6 Å². The summed E-state index contributed by atoms with van der Waals surface area (Å²) in [6, 6.07) is 14.4. The lowest BCUT2D eigenvalue weighted by atomic mass is 10.0. The van der Waals surface area contributed by atoms with Crippen molar-refractivity contribution in [1.82, 2.24) is 0 Å². The highest BCUT2D eigenvalue weighted by molar-refractivity contribution is 7.91. The Labute approximate surface area is 225 Å². The number of anilines is 1. The quantitative estimate of drug-likeness (QED) is 0.425. The number of rotatable bonds is 7. The lowest BCUT2D eigenvalue weighted by Crippen LogP contribution is -2.45. The molecule has 4 rings (SSSR count). The van der Waals surface area contributed by atoms with Crippen molar-refractivity contribution in [2.24, 2.45) is 5.73 Å². The third-order valence-electron chi connectivity index (χ3n) is 6.01. The normalized spacial score (nSPS) is 16.4. The van der Waals surface area contributed by atoms with Gasteiger partial charge < -0.3 is 15.4 Å². The molecule has 0 aliphatic carbocycles. The molecule has 0 fully saturated rings. The molecule has 0 aromatic heterocycles. The molecular formula is C26H25Cl2FN2O5S. The lowest BCUT2D eigenvalue weighted by Gasteiger charge is -2.25. The molecule has 37 heavy (non-hydrogen) atoms. The van der Waals surface area contributed by atoms with Crippen molar-refractivity contribution in [1.29, 1.82) is 0 Å². The van der Waals surface area contributed by atoms with Crippen LogP contribution in [0.4, 0.5) is 10.1 Å². The summed E-state index contributed by atoms with van der Waals surface area (Å²) >= 11 is 5.95. The first-order valence-corrected chi connectivity index (χ1v) is 13.2. The molecule has 0 radical (unpaired) electrons. The van der Waals surface area contributed by atoms with Gasteiger partial charge in [-0.3, -0.25) is 9.59 Å². The van der Waals surface area contributed by atoms with Gasteiger partial charge in [0.2, 0.25) is 5.91 Å². The van der Waals surface area contributed by atoms with Gasteiger partial charge in [-0.2, -0.15) is 0 Å². The average molecular weight is 567 g/mol. The maximum Gasteiger partial charge on any atom is 0.245 e. The summed E-state index contributed by atoms with van der Waals surface area (Å²) < 4.78 is 46.1. The minimum Gasteiger partial charge on any atom is -0.497 e. The van der Waals surface area contributed by atoms with Gasteiger partial charge in [0, 0.05) is 11.4 Å². The van der Waals surface area contributed by atoms with Gasteiger partial charge in [-0.1, -0.05) is 35.9 Å². The molecule has 1 atom stereocenters. The summed E-state index contributed by atoms with van der Waals surface area (Å²) in [5.41, 5.74) is 7.06. The molecule has 0 saturated carbocycles. The van der Waals surface area contributed by atoms with E-state index in [-0.39, 0.29) is 41.5 Å². The van der Waals surface area contributed by atoms with Crippen molar-refractivity contribution in [3.63, 3.8) is 0 Å². The van der Waals surface area contributed by atoms with Crippen molar-refractivity contribution in [3.8, 4) is 5.75 Å². The second-order valence-electron chi connectivity index (χ2n) is 8.51. The van der Waals surface area contributed by atoms with Crippen molar-refractivity contribution in [2.75, 3.05) is 17.8 Å². The number of hydrogen-bond acceptors (Lipinski definition) is 6. The SMILES string of the molecule is COc1ccc(CCC(=O)c2cc3c(cc2F)S(=O)(=O)C[C@H](N)C(=O)N3Cc2ccc(Cl)cc2)cc1.Cl. The second kappa shape index (κ2) is 11.6. The van der Waals surface area contributed by atoms with Gasteiger partial charge in [0.15, 0.2) is 15.6 Å². The van der Waals surface area contributed by atoms with E-state index in [9.17, 15) is 18.0 Å². The first-order valence-electron chi connectivity index (χ1n) is 11.1. The van der Waals surface area contributed by atoms with Crippen LogP contribution in [0.5, 0.6) is 5.75 Å². The van der Waals surface area contributed by atoms with Crippen LogP contribution >= 0.6 is 24.0 Å². The van der Waals surface area contributed by atoms with E-state index in [4.69, 9.17) is 22.1 Å². The van der Waals surface area contributed by atoms with Crippen LogP contribution in [-0.4, -0.2) is 39.0 Å². The third-order valence-corrected chi connectivity index (χ3v) is 8.06. The largest absolute Gasteiger partial charge is 0.497 e. The zero-order valence-electron chi connectivity index (χ0n) is 19.8. The third kappa shape index (κ3) is 6.30. The number of nitrogens with zero attached hydrogens (tertiary/aromatic N) is 1. The lowest BCUT2D eigenvalue weighted by molar-refractivity contribution is -0.119. The van der Waals surface area contributed by atoms with E-state index in [1.807, 2.05) is 0 Å². The molecule has 7 nitrogen and oxygen atoms in total. The molecule has 3 aromatic carbocycles. The average Bonchev–Trinajstić information content (AvgIpc) is 2.92. The van der Waals surface area contributed by atoms with Crippen LogP contribution in [0.1, 0.15) is 27.9 Å². The number of aryl methyl sites for hydroxylation is 1. The Morgan fingerprint density at radius 3 is 2.35 bits per heavy atom. The maximum atomic E-state index is 15.1. The monoisotopic (exact) mass is 566 g/mol. The molecule has 0 saturated heterocycles. The molecule has 0 unspecified atom stereocenters. The van der Waals surface area contributed by atoms with Crippen molar-refractivity contribution in [2.45, 2.75) is 30.3 Å². The zero-order valence-corrected chi connectivity index (χ0v) is 22.2. The van der Waals surface area contributed by atoms with Crippen molar-refractivity contribution >= 4 is 51.2 Å². The summed E-state index contributed by atoms with van der Waals surface area (Å²) in [6.45, 7) is -0.0304. The number of hydrogen-bond donors (Lipinski definition) is 1. The summed E-state index contributed by atoms with van der Waals surface area (Å²) in [7, 11) is -2.54. The number of Topliss-reactive ketones (excluding diaryl/α,β-unsaturated/α-hetero) is 1. The molecule has 3 aromatic rings. The van der Waals surface area contributed by atoms with E-state index in [1.165, 1.54) is 4.90 Å². The number of fused-ring (bicyclic) bond motifs is 1. The Balaban J connectivity index is 0.00000380. The van der Waals surface area contributed by atoms with Gasteiger partial charge in [-0.05, 0) is 53.9 Å². The number of nitrogens with two attached hydrogens (primary N) is 1. The second-order valence-corrected chi connectivity index (χ2v) is 10.9. The van der Waals surface area contributed by atoms with Gasteiger partial charge in [0.1, 0.15) is 11.6 Å². The highest BCUT2D eigenvalue weighted by atomic mass is 35.5. The minimum absolute atomic E-state index is 0. The zero-order chi connectivity index (χ0) is 26.0. The van der Waals surface area contributed by atoms with Crippen LogP contribution in [0, 0.1) is 5.82 Å². The standard InChI is InChI=1S/C26H24ClFN2O5S.ClH/c1-35-19-9-4-16(5-10-19)6-11-24(31)20-12-23-25(13-21(20)28)36(33,34)15-22(29)26(32)30(23)14-17-2-7-18(27)8-3-17;/h2-5,7-10,12-13,22H,6,11,14-15,29H2,1H3;1H/t22-;/m0./s1. The molecule has 1 aliphatic heterocycles. The van der Waals surface area contributed by atoms with E-state index >= 15 is 4.39 Å². The summed E-state index contributed by atoms with van der Waals surface area (Å²) in [5.74, 6) is -2.12. The van der Waals surface area contributed by atoms with Crippen LogP contribution < -0.4 is 15.4 Å². The summed E-state index contributed by atoms with van der Waals surface area (Å²) in [6.07, 6.45) is 0.329. The van der Waals surface area contributed by atoms with Crippen LogP contribution in [0.2, 0.25) is 5.02 Å². The first kappa shape index (κ1) is 28.6. The number of carbonyl (C=O) groups is 2. The van der Waals surface area contributed by atoms with Crippen LogP contribution in [0.15, 0.2) is 65.6 Å². The van der Waals surface area contributed by atoms with Gasteiger partial charge in [0.25, 0.3) is 0 Å². The van der Waals surface area contributed by atoms with Crippen LogP contribution in [0.25, 0.3) is 0 Å². The number of sulfone groups is 1. The van der Waals surface area contributed by atoms with Crippen LogP contribution in [-0.2, 0) is 27.6 Å². The molecule has 1 amide bonds. The van der Waals surface area contributed by atoms with Crippen LogP contribution in [0.3, 0.4) is 0 Å². The highest BCUT2D eigenvalue weighted by Crippen LogP contribution is 2.34. The maximum absolute atomic E-state index is 15.1. The fourth-order valence-corrected chi connectivity index (χ4v) is 5.75. The predicted molar refractivity (Wildman–Crippen MR) is 142 cm³/mol. The smallest absolute Gasteiger partial charge is 0.245 e. The van der Waals surface area contributed by atoms with Crippen molar-refractivity contribution in [3.05, 3.63) is 88.2 Å². The Morgan fingerprint density at radius 1 is 1.11 bits per heavy atom. The van der Waals surface area contributed by atoms with Crippen molar-refractivity contribution < 1.29 is 27.1 Å². The van der Waals surface area contributed by atoms with Gasteiger partial charge >= 0.3 is 0 Å². The molecule has 196 valence electrons. The van der Waals surface area contributed by atoms with E-state index in [0.29, 0.717) is 22.8 Å². The first-order chi connectivity index (χ1) is 17.1.